The summed E-state index contributed by atoms with van der Waals surface area (Å²) < 4.78 is 0. The van der Waals surface area contributed by atoms with Gasteiger partial charge >= 0.3 is 17.9 Å². The molecule has 7 N–H and O–H groups in total. The predicted molar refractivity (Wildman–Crippen MR) is 175 cm³/mol. The summed E-state index contributed by atoms with van der Waals surface area (Å²) in [5, 5.41) is 39.0. The van der Waals surface area contributed by atoms with Gasteiger partial charge in [-0.1, -0.05) is 25.1 Å². The highest BCUT2D eigenvalue weighted by molar-refractivity contribution is 7.98. The molecule has 0 radical (unpaired) electrons. The average Bonchev–Trinajstić information content (AvgIpc) is 3.01. The number of nitrogens with one attached hydrogen (secondary N) is 4. The SMILES string of the molecule is CCc1cc(C[C@H](NC(C)=O)C(=O)NCCCCC(=O)N[C@@H](CCSC)C(=O)O)ccc1Nc1cccc(C(=O)C(=O)O)c1C(=O)O. The van der Waals surface area contributed by atoms with Crippen molar-refractivity contribution in [3.8, 4) is 0 Å². The van der Waals surface area contributed by atoms with Gasteiger partial charge in [0.25, 0.3) is 5.78 Å². The van der Waals surface area contributed by atoms with Gasteiger partial charge in [-0.2, -0.15) is 11.8 Å². The Kier molecular flexibility index (Phi) is 15.4. The Bertz CT molecular complexity index is 1500. The minimum Gasteiger partial charge on any atom is -0.480 e. The molecular weight excluding hydrogens is 632 g/mol. The van der Waals surface area contributed by atoms with E-state index < -0.39 is 58.7 Å². The van der Waals surface area contributed by atoms with E-state index >= 15 is 0 Å². The van der Waals surface area contributed by atoms with E-state index in [0.717, 1.165) is 11.6 Å². The molecule has 0 aromatic heterocycles. The topological polar surface area (TPSA) is 228 Å². The average molecular weight is 673 g/mol. The number of hydrogen-bond acceptors (Lipinski definition) is 9. The molecule has 254 valence electrons. The molecule has 2 rings (SSSR count). The molecule has 0 aliphatic rings. The first kappa shape index (κ1) is 38.3. The first-order valence-electron chi connectivity index (χ1n) is 14.9. The molecule has 14 nitrogen and oxygen atoms in total. The molecule has 0 bridgehead atoms. The Morgan fingerprint density at radius 1 is 0.894 bits per heavy atom. The van der Waals surface area contributed by atoms with Crippen molar-refractivity contribution in [2.24, 2.45) is 0 Å². The fraction of sp³-hybridized carbons (Fsp3) is 0.406. The second-order valence-corrected chi connectivity index (χ2v) is 11.6. The third-order valence-corrected chi connectivity index (χ3v) is 7.69. The van der Waals surface area contributed by atoms with Gasteiger partial charge in [-0.3, -0.25) is 19.2 Å². The second-order valence-electron chi connectivity index (χ2n) is 10.6. The smallest absolute Gasteiger partial charge is 0.377 e. The summed E-state index contributed by atoms with van der Waals surface area (Å²) >= 11 is 1.49. The summed E-state index contributed by atoms with van der Waals surface area (Å²) in [4.78, 5) is 83.7. The van der Waals surface area contributed by atoms with Crippen molar-refractivity contribution in [2.45, 2.75) is 64.5 Å². The molecule has 3 amide bonds. The minimum atomic E-state index is -1.78. The number of carboxylic acid groups (broad SMARTS) is 3. The van der Waals surface area contributed by atoms with Crippen LogP contribution in [0, 0.1) is 0 Å². The number of anilines is 2. The van der Waals surface area contributed by atoms with Gasteiger partial charge in [-0.25, -0.2) is 14.4 Å². The molecule has 15 heteroatoms. The van der Waals surface area contributed by atoms with Gasteiger partial charge in [-0.05, 0) is 67.0 Å². The van der Waals surface area contributed by atoms with Gasteiger partial charge < -0.3 is 36.6 Å². The number of carbonyl (C=O) groups excluding carboxylic acids is 4. The van der Waals surface area contributed by atoms with E-state index in [2.05, 4.69) is 21.3 Å². The van der Waals surface area contributed by atoms with Crippen molar-refractivity contribution >= 4 is 64.5 Å². The molecular formula is C32H40N4O10S. The van der Waals surface area contributed by atoms with E-state index in [1.165, 1.54) is 30.8 Å². The number of aryl methyl sites for hydroxylation is 1. The Balaban J connectivity index is 2.07. The maximum Gasteiger partial charge on any atom is 0.377 e. The van der Waals surface area contributed by atoms with E-state index in [1.54, 1.807) is 18.2 Å². The lowest BCUT2D eigenvalue weighted by atomic mass is 9.98. The third-order valence-electron chi connectivity index (χ3n) is 7.04. The zero-order chi connectivity index (χ0) is 35.1. The lowest BCUT2D eigenvalue weighted by Gasteiger charge is -2.20. The quantitative estimate of drug-likeness (QED) is 0.0612. The highest BCUT2D eigenvalue weighted by atomic mass is 32.2. The lowest BCUT2D eigenvalue weighted by Crippen LogP contribution is -2.47. The van der Waals surface area contributed by atoms with Crippen LogP contribution in [0.5, 0.6) is 0 Å². The summed E-state index contributed by atoms with van der Waals surface area (Å²) in [6.45, 7) is 3.38. The molecule has 0 heterocycles. The van der Waals surface area contributed by atoms with Crippen molar-refractivity contribution in [1.29, 1.82) is 0 Å². The number of amides is 3. The van der Waals surface area contributed by atoms with Gasteiger partial charge in [0.2, 0.25) is 17.7 Å². The Morgan fingerprint density at radius 2 is 1.62 bits per heavy atom. The van der Waals surface area contributed by atoms with Crippen molar-refractivity contribution in [3.63, 3.8) is 0 Å². The van der Waals surface area contributed by atoms with E-state index in [9.17, 15) is 43.8 Å². The van der Waals surface area contributed by atoms with Crippen LogP contribution in [0.1, 0.15) is 71.4 Å². The molecule has 47 heavy (non-hydrogen) atoms. The predicted octanol–water partition coefficient (Wildman–Crippen LogP) is 2.61. The molecule has 0 unspecified atom stereocenters. The highest BCUT2D eigenvalue weighted by Crippen LogP contribution is 2.28. The maximum atomic E-state index is 13.0. The number of unbranched alkanes of at least 4 members (excludes halogenated alkanes) is 1. The van der Waals surface area contributed by atoms with Crippen LogP contribution in [0.2, 0.25) is 0 Å². The van der Waals surface area contributed by atoms with Crippen LogP contribution in [0.4, 0.5) is 11.4 Å². The van der Waals surface area contributed by atoms with Crippen LogP contribution in [-0.4, -0.2) is 87.4 Å². The highest BCUT2D eigenvalue weighted by Gasteiger charge is 2.26. The van der Waals surface area contributed by atoms with Crippen LogP contribution in [0.25, 0.3) is 0 Å². The number of ketones is 1. The maximum absolute atomic E-state index is 13.0. The van der Waals surface area contributed by atoms with Crippen molar-refractivity contribution in [3.05, 3.63) is 58.7 Å². The first-order chi connectivity index (χ1) is 22.3. The third kappa shape index (κ3) is 12.1. The lowest BCUT2D eigenvalue weighted by molar-refractivity contribution is -0.141. The largest absolute Gasteiger partial charge is 0.480 e. The Labute approximate surface area is 276 Å². The van der Waals surface area contributed by atoms with Crippen LogP contribution in [0.3, 0.4) is 0 Å². The number of carbonyl (C=O) groups is 7. The van der Waals surface area contributed by atoms with Crippen molar-refractivity contribution < 1.29 is 48.9 Å². The van der Waals surface area contributed by atoms with E-state index in [1.807, 2.05) is 13.2 Å². The van der Waals surface area contributed by atoms with Crippen LogP contribution in [0.15, 0.2) is 36.4 Å². The van der Waals surface area contributed by atoms with E-state index in [4.69, 9.17) is 5.11 Å². The fourth-order valence-electron chi connectivity index (χ4n) is 4.72. The van der Waals surface area contributed by atoms with Gasteiger partial charge in [0, 0.05) is 37.6 Å². The number of thioether (sulfide) groups is 1. The van der Waals surface area contributed by atoms with Gasteiger partial charge in [-0.15, -0.1) is 0 Å². The number of aromatic carboxylic acids is 1. The normalized spacial score (nSPS) is 11.9. The van der Waals surface area contributed by atoms with Crippen molar-refractivity contribution in [2.75, 3.05) is 23.9 Å². The second kappa shape index (κ2) is 18.9. The number of aliphatic carboxylic acids is 2. The van der Waals surface area contributed by atoms with Gasteiger partial charge in [0.15, 0.2) is 0 Å². The molecule has 0 saturated heterocycles. The first-order valence-corrected chi connectivity index (χ1v) is 16.3. The molecule has 0 aliphatic heterocycles. The number of benzene rings is 2. The summed E-state index contributed by atoms with van der Waals surface area (Å²) in [6, 6.07) is 7.20. The van der Waals surface area contributed by atoms with Crippen LogP contribution >= 0.6 is 11.8 Å². The van der Waals surface area contributed by atoms with Gasteiger partial charge in [0.05, 0.1) is 11.3 Å². The standard InChI is InChI=1S/C32H40N4O10S/c1-4-20-16-19(11-12-22(20)35-23-9-7-8-21(27(23)31(43)44)28(39)32(45)46)17-25(34-18(2)37)29(40)33-14-6-5-10-26(38)36-24(30(41)42)13-15-47-3/h7-9,11-12,16,24-25,35H,4-6,10,13-15,17H2,1-3H3,(H,33,40)(H,34,37)(H,36,38)(H,41,42)(H,43,44)(H,45,46)/t24-,25-/m0/s1. The number of hydrogen-bond donors (Lipinski definition) is 7. The molecule has 2 aromatic rings. The van der Waals surface area contributed by atoms with E-state index in [0.29, 0.717) is 42.7 Å². The molecule has 2 aromatic carbocycles. The number of carboxylic acids is 3. The van der Waals surface area contributed by atoms with E-state index in [-0.39, 0.29) is 31.0 Å². The Hall–Kier alpha value is -4.92. The molecule has 0 spiro atoms. The summed E-state index contributed by atoms with van der Waals surface area (Å²) in [6.07, 6.45) is 3.75. The molecule has 0 aliphatic carbocycles. The van der Waals surface area contributed by atoms with Crippen LogP contribution < -0.4 is 21.3 Å². The summed E-state index contributed by atoms with van der Waals surface area (Å²) in [7, 11) is 0. The van der Waals surface area contributed by atoms with Gasteiger partial charge in [0.1, 0.15) is 12.1 Å². The van der Waals surface area contributed by atoms with Crippen molar-refractivity contribution in [1.82, 2.24) is 16.0 Å². The monoisotopic (exact) mass is 672 g/mol. The molecule has 2 atom stereocenters. The molecule has 0 fully saturated rings. The molecule has 0 saturated carbocycles. The minimum absolute atomic E-state index is 0.0253. The zero-order valence-corrected chi connectivity index (χ0v) is 27.2. The summed E-state index contributed by atoms with van der Waals surface area (Å²) in [5.74, 6) is -6.33. The van der Waals surface area contributed by atoms with Crippen LogP contribution in [-0.2, 0) is 36.8 Å². The Morgan fingerprint density at radius 3 is 2.21 bits per heavy atom. The fourth-order valence-corrected chi connectivity index (χ4v) is 5.19. The number of rotatable bonds is 20. The number of Topliss-reactive ketones (excluding diaryl/α,β-unsaturated/α-hetero) is 1. The zero-order valence-electron chi connectivity index (χ0n) is 26.4. The summed E-state index contributed by atoms with van der Waals surface area (Å²) in [5.41, 5.74) is 1.00.